The fraction of sp³-hybridized carbons (Fsp3) is 1.00. The maximum atomic E-state index is 3.70. The number of hydrogen-bond donors (Lipinski definition) is 1. The van der Waals surface area contributed by atoms with Crippen LogP contribution < -0.4 is 5.32 Å². The van der Waals surface area contributed by atoms with E-state index in [0.717, 1.165) is 23.9 Å². The first kappa shape index (κ1) is 14.3. The van der Waals surface area contributed by atoms with Crippen molar-refractivity contribution in [3.8, 4) is 0 Å². The van der Waals surface area contributed by atoms with E-state index in [-0.39, 0.29) is 0 Å². The number of rotatable bonds is 3. The van der Waals surface area contributed by atoms with Crippen LogP contribution in [0.2, 0.25) is 0 Å². The summed E-state index contributed by atoms with van der Waals surface area (Å²) >= 11 is 0. The minimum atomic E-state index is 0.736. The van der Waals surface area contributed by atoms with E-state index in [9.17, 15) is 0 Å². The van der Waals surface area contributed by atoms with Crippen molar-refractivity contribution in [1.82, 2.24) is 10.2 Å². The van der Waals surface area contributed by atoms with Crippen molar-refractivity contribution in [2.45, 2.75) is 71.4 Å². The van der Waals surface area contributed by atoms with Gasteiger partial charge in [0.25, 0.3) is 0 Å². The molecule has 18 heavy (non-hydrogen) atoms. The molecule has 0 amide bonds. The van der Waals surface area contributed by atoms with E-state index in [0.29, 0.717) is 0 Å². The maximum Gasteiger partial charge on any atom is 0.0198 e. The maximum absolute atomic E-state index is 3.70. The minimum absolute atomic E-state index is 0.736. The van der Waals surface area contributed by atoms with Crippen molar-refractivity contribution in [1.29, 1.82) is 0 Å². The Morgan fingerprint density at radius 1 is 1.17 bits per heavy atom. The van der Waals surface area contributed by atoms with Crippen LogP contribution in [0, 0.1) is 11.8 Å². The zero-order valence-corrected chi connectivity index (χ0v) is 12.6. The van der Waals surface area contributed by atoms with Crippen LogP contribution in [0.25, 0.3) is 0 Å². The van der Waals surface area contributed by atoms with E-state index < -0.39 is 0 Å². The Morgan fingerprint density at radius 2 is 2.00 bits per heavy atom. The van der Waals surface area contributed by atoms with Crippen LogP contribution in [0.5, 0.6) is 0 Å². The van der Waals surface area contributed by atoms with Gasteiger partial charge in [0.2, 0.25) is 0 Å². The van der Waals surface area contributed by atoms with Gasteiger partial charge in [0.05, 0.1) is 0 Å². The Labute approximate surface area is 114 Å². The molecule has 0 spiro atoms. The molecule has 0 aromatic heterocycles. The zero-order chi connectivity index (χ0) is 13.0. The molecular weight excluding hydrogens is 220 g/mol. The predicted molar refractivity (Wildman–Crippen MR) is 78.9 cm³/mol. The van der Waals surface area contributed by atoms with E-state index in [1.54, 1.807) is 0 Å². The quantitative estimate of drug-likeness (QED) is 0.776. The molecular formula is C16H32N2. The summed E-state index contributed by atoms with van der Waals surface area (Å²) in [4.78, 5) is 2.79. The average molecular weight is 252 g/mol. The summed E-state index contributed by atoms with van der Waals surface area (Å²) in [5.74, 6) is 1.78. The van der Waals surface area contributed by atoms with E-state index >= 15 is 0 Å². The first-order valence-electron chi connectivity index (χ1n) is 8.12. The van der Waals surface area contributed by atoms with Crippen LogP contribution in [-0.4, -0.2) is 36.6 Å². The zero-order valence-electron chi connectivity index (χ0n) is 12.6. The van der Waals surface area contributed by atoms with Crippen LogP contribution in [0.15, 0.2) is 0 Å². The van der Waals surface area contributed by atoms with Gasteiger partial charge in [0, 0.05) is 31.7 Å². The smallest absolute Gasteiger partial charge is 0.0198 e. The third kappa shape index (κ3) is 4.24. The number of nitrogens with zero attached hydrogens (tertiary/aromatic N) is 1. The van der Waals surface area contributed by atoms with E-state index in [2.05, 4.69) is 31.0 Å². The SMILES string of the molecule is CC(C)CC1CN(C2CCCC(C)CC2)CCN1. The van der Waals surface area contributed by atoms with Crippen molar-refractivity contribution in [2.24, 2.45) is 11.8 Å². The summed E-state index contributed by atoms with van der Waals surface area (Å²) in [6, 6.07) is 1.62. The molecule has 1 aliphatic heterocycles. The third-order valence-electron chi connectivity index (χ3n) is 4.79. The lowest BCUT2D eigenvalue weighted by Gasteiger charge is -2.39. The van der Waals surface area contributed by atoms with Gasteiger partial charge < -0.3 is 5.32 Å². The van der Waals surface area contributed by atoms with E-state index in [1.807, 2.05) is 0 Å². The summed E-state index contributed by atoms with van der Waals surface area (Å²) in [5, 5.41) is 3.70. The normalized spacial score (nSPS) is 35.7. The Kier molecular flexibility index (Phi) is 5.50. The standard InChI is InChI=1S/C16H32N2/c1-13(2)11-15-12-18(10-9-17-15)16-6-4-5-14(3)7-8-16/h13-17H,4-12H2,1-3H3. The number of nitrogens with one attached hydrogen (secondary N) is 1. The molecule has 2 heteroatoms. The molecule has 2 nitrogen and oxygen atoms in total. The molecule has 0 radical (unpaired) electrons. The fourth-order valence-corrected chi connectivity index (χ4v) is 3.74. The lowest BCUT2D eigenvalue weighted by atomic mass is 9.99. The summed E-state index contributed by atoms with van der Waals surface area (Å²) in [6.45, 7) is 10.9. The molecule has 3 atom stereocenters. The molecule has 1 aliphatic carbocycles. The monoisotopic (exact) mass is 252 g/mol. The molecule has 2 rings (SSSR count). The molecule has 0 aromatic carbocycles. The average Bonchev–Trinajstić information content (AvgIpc) is 2.53. The molecule has 2 fully saturated rings. The molecule has 0 bridgehead atoms. The second-order valence-electron chi connectivity index (χ2n) is 7.04. The van der Waals surface area contributed by atoms with Crippen LogP contribution in [0.1, 0.15) is 59.3 Å². The highest BCUT2D eigenvalue weighted by Crippen LogP contribution is 2.26. The highest BCUT2D eigenvalue weighted by Gasteiger charge is 2.27. The largest absolute Gasteiger partial charge is 0.311 e. The van der Waals surface area contributed by atoms with Crippen molar-refractivity contribution >= 4 is 0 Å². The Balaban J connectivity index is 1.83. The first-order chi connectivity index (χ1) is 8.65. The molecule has 1 saturated heterocycles. The molecule has 1 saturated carbocycles. The van der Waals surface area contributed by atoms with Crippen LogP contribution in [-0.2, 0) is 0 Å². The van der Waals surface area contributed by atoms with Crippen molar-refractivity contribution in [3.05, 3.63) is 0 Å². The highest BCUT2D eigenvalue weighted by molar-refractivity contribution is 4.85. The van der Waals surface area contributed by atoms with Crippen molar-refractivity contribution in [3.63, 3.8) is 0 Å². The first-order valence-corrected chi connectivity index (χ1v) is 8.12. The van der Waals surface area contributed by atoms with Crippen LogP contribution in [0.3, 0.4) is 0 Å². The molecule has 0 aromatic rings. The fourth-order valence-electron chi connectivity index (χ4n) is 3.74. The van der Waals surface area contributed by atoms with Gasteiger partial charge >= 0.3 is 0 Å². The molecule has 1 heterocycles. The minimum Gasteiger partial charge on any atom is -0.311 e. The van der Waals surface area contributed by atoms with Gasteiger partial charge in [0.1, 0.15) is 0 Å². The third-order valence-corrected chi connectivity index (χ3v) is 4.79. The van der Waals surface area contributed by atoms with Gasteiger partial charge in [-0.15, -0.1) is 0 Å². The lowest BCUT2D eigenvalue weighted by Crippen LogP contribution is -2.54. The van der Waals surface area contributed by atoms with Gasteiger partial charge in [-0.1, -0.05) is 33.6 Å². The predicted octanol–water partition coefficient (Wildman–Crippen LogP) is 3.28. The Bertz CT molecular complexity index is 239. The summed E-state index contributed by atoms with van der Waals surface area (Å²) in [7, 11) is 0. The van der Waals surface area contributed by atoms with E-state index in [4.69, 9.17) is 0 Å². The lowest BCUT2D eigenvalue weighted by molar-refractivity contribution is 0.123. The number of hydrogen-bond acceptors (Lipinski definition) is 2. The van der Waals surface area contributed by atoms with Gasteiger partial charge in [-0.3, -0.25) is 4.90 Å². The second-order valence-corrected chi connectivity index (χ2v) is 7.04. The van der Waals surface area contributed by atoms with Crippen LogP contribution in [0.4, 0.5) is 0 Å². The molecule has 1 N–H and O–H groups in total. The van der Waals surface area contributed by atoms with Gasteiger partial charge in [0.15, 0.2) is 0 Å². The van der Waals surface area contributed by atoms with Gasteiger partial charge in [-0.05, 0) is 37.5 Å². The van der Waals surface area contributed by atoms with Crippen molar-refractivity contribution < 1.29 is 0 Å². The van der Waals surface area contributed by atoms with Gasteiger partial charge in [-0.25, -0.2) is 0 Å². The van der Waals surface area contributed by atoms with E-state index in [1.165, 1.54) is 58.2 Å². The molecule has 3 unspecified atom stereocenters. The second kappa shape index (κ2) is 6.91. The van der Waals surface area contributed by atoms with Crippen molar-refractivity contribution in [2.75, 3.05) is 19.6 Å². The topological polar surface area (TPSA) is 15.3 Å². The highest BCUT2D eigenvalue weighted by atomic mass is 15.2. The molecule has 2 aliphatic rings. The van der Waals surface area contributed by atoms with Crippen LogP contribution >= 0.6 is 0 Å². The van der Waals surface area contributed by atoms with Gasteiger partial charge in [-0.2, -0.15) is 0 Å². The summed E-state index contributed by atoms with van der Waals surface area (Å²) < 4.78 is 0. The Hall–Kier alpha value is -0.0800. The summed E-state index contributed by atoms with van der Waals surface area (Å²) in [5.41, 5.74) is 0. The number of piperazine rings is 1. The molecule has 106 valence electrons. The Morgan fingerprint density at radius 3 is 2.78 bits per heavy atom. The summed E-state index contributed by atoms with van der Waals surface area (Å²) in [6.07, 6.45) is 8.57.